The molecule has 0 radical (unpaired) electrons. The number of nitrogens with zero attached hydrogens (tertiary/aromatic N) is 1. The van der Waals surface area contributed by atoms with Crippen LogP contribution in [0.4, 0.5) is 0 Å². The molecule has 3 aliphatic heterocycles. The monoisotopic (exact) mass is 1010 g/mol. The number of fused-ring (bicyclic) bond motifs is 2. The van der Waals surface area contributed by atoms with Crippen molar-refractivity contribution in [3.8, 4) is 0 Å². The van der Waals surface area contributed by atoms with Gasteiger partial charge in [-0.25, -0.2) is 0 Å². The van der Waals surface area contributed by atoms with Crippen LogP contribution in [0.1, 0.15) is 79.1 Å². The second-order valence-electron chi connectivity index (χ2n) is 19.1. The summed E-state index contributed by atoms with van der Waals surface area (Å²) in [7, 11) is 0. The summed E-state index contributed by atoms with van der Waals surface area (Å²) >= 11 is 0. The highest BCUT2D eigenvalue weighted by molar-refractivity contribution is 5.71. The molecule has 0 amide bonds. The Morgan fingerprint density at radius 1 is 0.676 bits per heavy atom. The summed E-state index contributed by atoms with van der Waals surface area (Å²) in [5.41, 5.74) is 11.7. The Labute approximate surface area is 417 Å². The van der Waals surface area contributed by atoms with Crippen LogP contribution in [0.5, 0.6) is 0 Å². The van der Waals surface area contributed by atoms with E-state index in [4.69, 9.17) is 30.4 Å². The third kappa shape index (κ3) is 20.7. The van der Waals surface area contributed by atoms with Crippen molar-refractivity contribution >= 4 is 11.9 Å². The number of aliphatic carboxylic acids is 1. The first-order valence-corrected chi connectivity index (χ1v) is 24.7. The molecule has 3 aliphatic rings. The van der Waals surface area contributed by atoms with E-state index in [2.05, 4.69) is 0 Å². The first-order chi connectivity index (χ1) is 33.6. The lowest BCUT2D eigenvalue weighted by Gasteiger charge is -2.47. The van der Waals surface area contributed by atoms with Crippen molar-refractivity contribution in [1.29, 1.82) is 0 Å². The summed E-state index contributed by atoms with van der Waals surface area (Å²) in [5.74, 6) is -6.88. The summed E-state index contributed by atoms with van der Waals surface area (Å²) in [4.78, 5) is 27.1. The zero-order chi connectivity index (χ0) is 52.8. The lowest BCUT2D eigenvalue weighted by Crippen LogP contribution is -2.65. The van der Waals surface area contributed by atoms with E-state index in [-0.39, 0.29) is 57.8 Å². The third-order valence-electron chi connectivity index (χ3n) is 13.2. The van der Waals surface area contributed by atoms with Crippen molar-refractivity contribution in [2.75, 3.05) is 26.2 Å². The van der Waals surface area contributed by atoms with Gasteiger partial charge in [-0.3, -0.25) is 14.5 Å². The Morgan fingerprint density at radius 3 is 1.80 bits per heavy atom. The lowest BCUT2D eigenvalue weighted by atomic mass is 9.82. The topological polar surface area (TPSA) is 349 Å². The van der Waals surface area contributed by atoms with Crippen LogP contribution in [0.15, 0.2) is 85.1 Å². The van der Waals surface area contributed by atoms with Crippen LogP contribution in [-0.4, -0.2) is 197 Å². The fourth-order valence-electron chi connectivity index (χ4n) is 9.09. The molecule has 0 aromatic heterocycles. The number of carbonyl (C=O) groups is 2. The van der Waals surface area contributed by atoms with Gasteiger partial charge in [-0.1, -0.05) is 98.9 Å². The summed E-state index contributed by atoms with van der Waals surface area (Å²) in [6.07, 6.45) is 3.47. The van der Waals surface area contributed by atoms with Crippen LogP contribution in [0.3, 0.4) is 0 Å². The number of hydrogen-bond donors (Lipinski definition) is 13. The van der Waals surface area contributed by atoms with Crippen molar-refractivity contribution in [2.45, 2.75) is 177 Å². The number of carboxylic acids is 1. The molecule has 404 valence electrons. The molecule has 0 spiro atoms. The molecule has 0 aliphatic carbocycles. The van der Waals surface area contributed by atoms with E-state index in [1.54, 1.807) is 86.4 Å². The van der Waals surface area contributed by atoms with Crippen molar-refractivity contribution in [2.24, 2.45) is 29.2 Å². The zero-order valence-corrected chi connectivity index (χ0v) is 41.4. The van der Waals surface area contributed by atoms with E-state index >= 15 is 0 Å². The minimum Gasteiger partial charge on any atom is -0.481 e. The average molecular weight is 1010 g/mol. The highest BCUT2D eigenvalue weighted by atomic mass is 16.7. The number of carboxylic acid groups (broad SMARTS) is 1. The maximum Gasteiger partial charge on any atom is 0.311 e. The average Bonchev–Trinajstić information content (AvgIpc) is 3.28. The number of aliphatic hydroxyl groups is 10. The standard InChI is InChI=1S/C51H83N3O17/c1-31-17-15-13-11-9-7-5-6-8-10-12-14-16-18-38(70-50-48(64)45(47(63)34(4)69-50)54(23-21-52)24-22-53)28-42-44(49(65)66)41(60)30-51(67,71-42)29-37(57)26-40(59)39(58)20-19-35(55)25-36(56)27-43(61)68-33(3)32(2)46(31)62/h5-18,31-42,44-48,50,55-60,62-64,67H,19-30,52-53H2,1-4H3,(H,65,66)/b6-5+,9-7+,10-8+,13-11+,14-12+,17-15+,18-16+/t31-,32-,33-,34+,35+,36+,37-,38-,39+,40+,41-,42-,44+,45-,46+,47+,48-,50?,51+/m0/s1. The number of cyclic esters (lactones) is 1. The Balaban J connectivity index is 1.93. The molecule has 3 rings (SSSR count). The largest absolute Gasteiger partial charge is 0.481 e. The van der Waals surface area contributed by atoms with Crippen LogP contribution in [0, 0.1) is 17.8 Å². The highest BCUT2D eigenvalue weighted by Gasteiger charge is 2.51. The van der Waals surface area contributed by atoms with Crippen molar-refractivity contribution in [1.82, 2.24) is 4.90 Å². The van der Waals surface area contributed by atoms with Crippen LogP contribution in [0.2, 0.25) is 0 Å². The van der Waals surface area contributed by atoms with Gasteiger partial charge in [0.05, 0.1) is 79.6 Å². The molecule has 71 heavy (non-hydrogen) atoms. The van der Waals surface area contributed by atoms with Gasteiger partial charge in [0.1, 0.15) is 18.1 Å². The quantitative estimate of drug-likeness (QED) is 0.142. The van der Waals surface area contributed by atoms with Gasteiger partial charge >= 0.3 is 11.9 Å². The molecule has 2 saturated heterocycles. The number of nitrogens with two attached hydrogens (primary N) is 2. The molecule has 20 heteroatoms. The molecule has 0 saturated carbocycles. The van der Waals surface area contributed by atoms with Crippen molar-refractivity contribution < 1.29 is 84.7 Å². The summed E-state index contributed by atoms with van der Waals surface area (Å²) in [6, 6.07) is -0.919. The van der Waals surface area contributed by atoms with E-state index in [0.29, 0.717) is 0 Å². The molecular weight excluding hydrogens is 927 g/mol. The van der Waals surface area contributed by atoms with E-state index < -0.39 is 147 Å². The minimum absolute atomic E-state index is 0.113. The van der Waals surface area contributed by atoms with E-state index in [0.717, 1.165) is 0 Å². The van der Waals surface area contributed by atoms with Crippen LogP contribution < -0.4 is 11.5 Å². The smallest absolute Gasteiger partial charge is 0.311 e. The Hall–Kier alpha value is -3.52. The minimum atomic E-state index is -2.35. The molecule has 2 fully saturated rings. The lowest BCUT2D eigenvalue weighted by molar-refractivity contribution is -0.312. The predicted molar refractivity (Wildman–Crippen MR) is 262 cm³/mol. The SMILES string of the molecule is C[C@@H]1[C@H](O)[C@@H](C)/C=C/C=C/C=C/C=C/C=C/C=C/C=C/[C@H](OC2O[C@H](C)[C@@H](O)[C@H](N(CCN)CCN)[C@@H]2O)C[C@@H]2O[C@](O)(C[C@@H](O)C[C@@H](O)[C@H](O)CC[C@@H](O)C[C@@H](O)CC(=O)O[C@H]1C)C[C@H](O)[C@H]2C(=O)O. The molecule has 1 unspecified atom stereocenters. The number of aliphatic hydroxyl groups excluding tert-OH is 9. The maximum atomic E-state index is 12.7. The fraction of sp³-hybridized carbons (Fsp3) is 0.686. The molecule has 3 heterocycles. The molecule has 0 aromatic carbocycles. The van der Waals surface area contributed by atoms with Gasteiger partial charge in [-0.15, -0.1) is 0 Å². The molecule has 15 N–H and O–H groups in total. The Morgan fingerprint density at radius 2 is 1.24 bits per heavy atom. The van der Waals surface area contributed by atoms with E-state index in [1.807, 2.05) is 31.2 Å². The van der Waals surface area contributed by atoms with Gasteiger partial charge in [-0.05, 0) is 33.1 Å². The van der Waals surface area contributed by atoms with Gasteiger partial charge in [0, 0.05) is 63.7 Å². The number of rotatable bonds is 8. The Kier molecular flexibility index (Phi) is 27.2. The summed E-state index contributed by atoms with van der Waals surface area (Å²) in [6.45, 7) is 7.77. The second kappa shape index (κ2) is 31.3. The van der Waals surface area contributed by atoms with Crippen LogP contribution in [-0.2, 0) is 28.5 Å². The van der Waals surface area contributed by atoms with Gasteiger partial charge < -0.3 is 86.6 Å². The molecule has 2 bridgehead atoms. The summed E-state index contributed by atoms with van der Waals surface area (Å²) in [5, 5.41) is 121. The fourth-order valence-corrected chi connectivity index (χ4v) is 9.09. The molecule has 20 nitrogen and oxygen atoms in total. The van der Waals surface area contributed by atoms with Gasteiger partial charge in [0.2, 0.25) is 0 Å². The summed E-state index contributed by atoms with van der Waals surface area (Å²) < 4.78 is 23.8. The van der Waals surface area contributed by atoms with Crippen LogP contribution >= 0.6 is 0 Å². The second-order valence-corrected chi connectivity index (χ2v) is 19.1. The molecule has 0 aromatic rings. The van der Waals surface area contributed by atoms with E-state index in [9.17, 15) is 65.8 Å². The predicted octanol–water partition coefficient (Wildman–Crippen LogP) is -0.0276. The highest BCUT2D eigenvalue weighted by Crippen LogP contribution is 2.38. The first-order valence-electron chi connectivity index (χ1n) is 24.7. The number of carbonyl (C=O) groups excluding carboxylic acids is 1. The number of ether oxygens (including phenoxy) is 4. The van der Waals surface area contributed by atoms with Gasteiger partial charge in [-0.2, -0.15) is 0 Å². The Bertz CT molecular complexity index is 1790. The first kappa shape index (κ1) is 61.8. The number of allylic oxidation sites excluding steroid dienone is 12. The molecular formula is C51H83N3O17. The normalized spacial score (nSPS) is 42.7. The van der Waals surface area contributed by atoms with Gasteiger partial charge in [0.15, 0.2) is 12.1 Å². The zero-order valence-electron chi connectivity index (χ0n) is 41.4. The molecule has 19 atom stereocenters. The van der Waals surface area contributed by atoms with Gasteiger partial charge in [0.25, 0.3) is 0 Å². The van der Waals surface area contributed by atoms with Crippen molar-refractivity contribution in [3.63, 3.8) is 0 Å². The van der Waals surface area contributed by atoms with Crippen molar-refractivity contribution in [3.05, 3.63) is 85.1 Å². The van der Waals surface area contributed by atoms with E-state index in [1.165, 1.54) is 0 Å². The maximum absolute atomic E-state index is 12.7. The number of esters is 1. The number of hydrogen-bond acceptors (Lipinski definition) is 19. The third-order valence-corrected chi connectivity index (χ3v) is 13.2. The van der Waals surface area contributed by atoms with Crippen LogP contribution in [0.25, 0.3) is 0 Å².